The molecule has 3 rings (SSSR count). The van der Waals surface area contributed by atoms with Gasteiger partial charge in [-0.25, -0.2) is 4.39 Å². The molecule has 7 heteroatoms. The lowest BCUT2D eigenvalue weighted by atomic mass is 10.1. The lowest BCUT2D eigenvalue weighted by Crippen LogP contribution is -2.27. The molecule has 1 atom stereocenters. The van der Waals surface area contributed by atoms with Crippen molar-refractivity contribution in [1.29, 1.82) is 0 Å². The smallest absolute Gasteiger partial charge is 0.253 e. The second-order valence-electron chi connectivity index (χ2n) is 6.51. The van der Waals surface area contributed by atoms with Crippen LogP contribution in [0.2, 0.25) is 0 Å². The molecule has 1 aromatic carbocycles. The first-order valence-corrected chi connectivity index (χ1v) is 8.58. The van der Waals surface area contributed by atoms with Gasteiger partial charge in [-0.3, -0.25) is 9.36 Å². The van der Waals surface area contributed by atoms with E-state index in [1.807, 2.05) is 31.4 Å². The van der Waals surface area contributed by atoms with Crippen LogP contribution in [0.15, 0.2) is 34.9 Å². The minimum atomic E-state index is -0.462. The Balaban J connectivity index is 1.83. The van der Waals surface area contributed by atoms with E-state index in [0.717, 1.165) is 11.4 Å². The molecule has 2 heterocycles. The molecule has 1 unspecified atom stereocenters. The number of carbonyl (C=O) groups excluding carboxylic acids is 1. The molecule has 0 aliphatic rings. The minimum Gasteiger partial charge on any atom is -0.494 e. The van der Waals surface area contributed by atoms with Gasteiger partial charge in [0.25, 0.3) is 5.91 Å². The molecule has 0 radical (unpaired) electrons. The van der Waals surface area contributed by atoms with E-state index in [-0.39, 0.29) is 17.7 Å². The Morgan fingerprint density at radius 1 is 1.26 bits per heavy atom. The Kier molecular flexibility index (Phi) is 5.03. The molecule has 1 amide bonds. The first-order valence-electron chi connectivity index (χ1n) is 8.58. The van der Waals surface area contributed by atoms with Crippen molar-refractivity contribution >= 4 is 5.91 Å². The predicted octanol–water partition coefficient (Wildman–Crippen LogP) is 4.03. The lowest BCUT2D eigenvalue weighted by molar-refractivity contribution is 0.0939. The highest BCUT2D eigenvalue weighted by Gasteiger charge is 2.20. The summed E-state index contributed by atoms with van der Waals surface area (Å²) in [4.78, 5) is 12.8. The summed E-state index contributed by atoms with van der Waals surface area (Å²) in [5.74, 6) is 0.795. The number of ether oxygens (including phenoxy) is 1. The van der Waals surface area contributed by atoms with Crippen molar-refractivity contribution in [2.75, 3.05) is 7.11 Å². The Bertz CT molecular complexity index is 991. The van der Waals surface area contributed by atoms with Gasteiger partial charge in [-0.05, 0) is 51.5 Å². The number of carbonyl (C=O) groups is 1. The van der Waals surface area contributed by atoms with E-state index < -0.39 is 5.82 Å². The average molecular weight is 371 g/mol. The summed E-state index contributed by atoms with van der Waals surface area (Å²) in [6.07, 6.45) is 0. The van der Waals surface area contributed by atoms with Crippen LogP contribution in [0.5, 0.6) is 5.75 Å². The topological polar surface area (TPSA) is 69.3 Å². The zero-order valence-corrected chi connectivity index (χ0v) is 16.0. The number of nitrogens with zero attached hydrogens (tertiary/aromatic N) is 2. The summed E-state index contributed by atoms with van der Waals surface area (Å²) in [5.41, 5.74) is 2.82. The number of methoxy groups -OCH3 is 1. The zero-order valence-electron chi connectivity index (χ0n) is 16.0. The van der Waals surface area contributed by atoms with Crippen molar-refractivity contribution in [3.63, 3.8) is 0 Å². The standard InChI is InChI=1S/C20H22FN3O3/c1-11-8-16(14(4)24(11)19-9-12(2)27-23-19)20(25)22-13(3)15-6-7-18(26-5)17(21)10-15/h6-10,13H,1-5H3,(H,22,25). The Morgan fingerprint density at radius 2 is 2.00 bits per heavy atom. The summed E-state index contributed by atoms with van der Waals surface area (Å²) in [7, 11) is 1.41. The van der Waals surface area contributed by atoms with Crippen LogP contribution < -0.4 is 10.1 Å². The second-order valence-corrected chi connectivity index (χ2v) is 6.51. The maximum Gasteiger partial charge on any atom is 0.253 e. The van der Waals surface area contributed by atoms with Crippen LogP contribution >= 0.6 is 0 Å². The third-order valence-electron chi connectivity index (χ3n) is 4.54. The normalized spacial score (nSPS) is 12.1. The molecule has 2 aromatic heterocycles. The van der Waals surface area contributed by atoms with Gasteiger partial charge >= 0.3 is 0 Å². The number of aromatic nitrogens is 2. The van der Waals surface area contributed by atoms with Crippen LogP contribution in [0, 0.1) is 26.6 Å². The quantitative estimate of drug-likeness (QED) is 0.735. The summed E-state index contributed by atoms with van der Waals surface area (Å²) >= 11 is 0. The summed E-state index contributed by atoms with van der Waals surface area (Å²) < 4.78 is 25.8. The molecule has 0 aliphatic carbocycles. The van der Waals surface area contributed by atoms with Crippen molar-refractivity contribution in [1.82, 2.24) is 15.0 Å². The third-order valence-corrected chi connectivity index (χ3v) is 4.54. The Labute approximate surface area is 156 Å². The maximum absolute atomic E-state index is 13.9. The molecule has 0 saturated heterocycles. The van der Waals surface area contributed by atoms with Crippen molar-refractivity contribution < 1.29 is 18.4 Å². The Hall–Kier alpha value is -3.09. The molecule has 0 aliphatic heterocycles. The van der Waals surface area contributed by atoms with E-state index in [2.05, 4.69) is 10.5 Å². The maximum atomic E-state index is 13.9. The van der Waals surface area contributed by atoms with Crippen LogP contribution in [-0.4, -0.2) is 22.7 Å². The first kappa shape index (κ1) is 18.7. The number of hydrogen-bond donors (Lipinski definition) is 1. The van der Waals surface area contributed by atoms with Crippen LogP contribution in [-0.2, 0) is 0 Å². The van der Waals surface area contributed by atoms with Gasteiger partial charge < -0.3 is 14.6 Å². The number of amides is 1. The van der Waals surface area contributed by atoms with Crippen molar-refractivity contribution in [2.24, 2.45) is 0 Å². The van der Waals surface area contributed by atoms with Gasteiger partial charge in [0.1, 0.15) is 5.76 Å². The number of aryl methyl sites for hydroxylation is 2. The second kappa shape index (κ2) is 7.26. The lowest BCUT2D eigenvalue weighted by Gasteiger charge is -2.15. The molecule has 6 nitrogen and oxygen atoms in total. The van der Waals surface area contributed by atoms with Gasteiger partial charge in [-0.15, -0.1) is 0 Å². The highest BCUT2D eigenvalue weighted by molar-refractivity contribution is 5.96. The highest BCUT2D eigenvalue weighted by Crippen LogP contribution is 2.24. The molecule has 0 spiro atoms. The summed E-state index contributed by atoms with van der Waals surface area (Å²) in [5, 5.41) is 6.93. The van der Waals surface area contributed by atoms with Crippen LogP contribution in [0.4, 0.5) is 4.39 Å². The number of benzene rings is 1. The fourth-order valence-corrected chi connectivity index (χ4v) is 3.11. The summed E-state index contributed by atoms with van der Waals surface area (Å²) in [6.45, 7) is 7.37. The predicted molar refractivity (Wildman–Crippen MR) is 98.9 cm³/mol. The first-order chi connectivity index (χ1) is 12.8. The van der Waals surface area contributed by atoms with Gasteiger partial charge in [0.15, 0.2) is 17.4 Å². The van der Waals surface area contributed by atoms with Gasteiger partial charge in [-0.1, -0.05) is 11.2 Å². The van der Waals surface area contributed by atoms with Gasteiger partial charge in [0.05, 0.1) is 18.7 Å². The fraction of sp³-hybridized carbons (Fsp3) is 0.300. The molecule has 27 heavy (non-hydrogen) atoms. The van der Waals surface area contributed by atoms with Crippen LogP contribution in [0.1, 0.15) is 46.0 Å². The number of rotatable bonds is 5. The molecule has 0 bridgehead atoms. The van der Waals surface area contributed by atoms with Crippen molar-refractivity contribution in [2.45, 2.75) is 33.7 Å². The molecule has 0 fully saturated rings. The van der Waals surface area contributed by atoms with E-state index in [1.165, 1.54) is 13.2 Å². The van der Waals surface area contributed by atoms with E-state index in [9.17, 15) is 9.18 Å². The van der Waals surface area contributed by atoms with E-state index in [0.29, 0.717) is 22.7 Å². The van der Waals surface area contributed by atoms with E-state index >= 15 is 0 Å². The van der Waals surface area contributed by atoms with Gasteiger partial charge in [-0.2, -0.15) is 0 Å². The highest BCUT2D eigenvalue weighted by atomic mass is 19.1. The third kappa shape index (κ3) is 3.58. The monoisotopic (exact) mass is 371 g/mol. The number of hydrogen-bond acceptors (Lipinski definition) is 4. The SMILES string of the molecule is COc1ccc(C(C)NC(=O)c2cc(C)n(-c3cc(C)on3)c2C)cc1F. The molecular formula is C20H22FN3O3. The molecular weight excluding hydrogens is 349 g/mol. The fourth-order valence-electron chi connectivity index (χ4n) is 3.11. The average Bonchev–Trinajstić information content (AvgIpc) is 3.17. The molecule has 0 saturated carbocycles. The summed E-state index contributed by atoms with van der Waals surface area (Å²) in [6, 6.07) is 7.89. The van der Waals surface area contributed by atoms with E-state index in [4.69, 9.17) is 9.26 Å². The van der Waals surface area contributed by atoms with Crippen LogP contribution in [0.3, 0.4) is 0 Å². The van der Waals surface area contributed by atoms with Crippen molar-refractivity contribution in [3.8, 4) is 11.6 Å². The molecule has 1 N–H and O–H groups in total. The van der Waals surface area contributed by atoms with Crippen molar-refractivity contribution in [3.05, 3.63) is 64.4 Å². The van der Waals surface area contributed by atoms with Gasteiger partial charge in [0.2, 0.25) is 0 Å². The number of nitrogens with one attached hydrogen (secondary N) is 1. The van der Waals surface area contributed by atoms with Gasteiger partial charge in [0, 0.05) is 17.5 Å². The Morgan fingerprint density at radius 3 is 2.59 bits per heavy atom. The molecule has 142 valence electrons. The zero-order chi connectivity index (χ0) is 19.7. The largest absolute Gasteiger partial charge is 0.494 e. The number of halogens is 1. The van der Waals surface area contributed by atoms with E-state index in [1.54, 1.807) is 25.1 Å². The molecule has 3 aromatic rings. The van der Waals surface area contributed by atoms with Crippen LogP contribution in [0.25, 0.3) is 5.82 Å². The minimum absolute atomic E-state index is 0.170.